The Kier molecular flexibility index (Phi) is 4.21. The van der Waals surface area contributed by atoms with Gasteiger partial charge in [-0.25, -0.2) is 0 Å². The third-order valence-corrected chi connectivity index (χ3v) is 4.47. The largest absolute Gasteiger partial charge is 0.384 e. The van der Waals surface area contributed by atoms with Gasteiger partial charge >= 0.3 is 0 Å². The molecule has 27 heavy (non-hydrogen) atoms. The summed E-state index contributed by atoms with van der Waals surface area (Å²) in [6.45, 7) is 0. The van der Waals surface area contributed by atoms with Crippen molar-refractivity contribution < 1.29 is 4.92 Å². The molecule has 1 heterocycles. The molecule has 0 saturated carbocycles. The number of non-ortho nitro benzene ring substituents is 1. The fraction of sp³-hybridized carbons (Fsp3) is 0.105. The Morgan fingerprint density at radius 2 is 1.74 bits per heavy atom. The lowest BCUT2D eigenvalue weighted by Gasteiger charge is -2.32. The van der Waals surface area contributed by atoms with E-state index >= 15 is 0 Å². The van der Waals surface area contributed by atoms with Gasteiger partial charge in [-0.3, -0.25) is 10.1 Å². The van der Waals surface area contributed by atoms with Gasteiger partial charge in [-0.15, -0.1) is 0 Å². The van der Waals surface area contributed by atoms with Gasteiger partial charge in [0.25, 0.3) is 5.69 Å². The number of nitriles is 3. The first-order chi connectivity index (χ1) is 13.0. The molecule has 1 atom stereocenters. The number of hydrogen-bond donors (Lipinski definition) is 1. The Hall–Kier alpha value is -4.35. The molecule has 1 aliphatic heterocycles. The van der Waals surface area contributed by atoms with Crippen LogP contribution in [-0.4, -0.2) is 4.92 Å². The molecular weight excluding hydrogens is 344 g/mol. The molecule has 0 radical (unpaired) electrons. The van der Waals surface area contributed by atoms with Crippen LogP contribution < -0.4 is 10.6 Å². The van der Waals surface area contributed by atoms with Crippen LogP contribution in [0.25, 0.3) is 0 Å². The maximum atomic E-state index is 11.2. The van der Waals surface area contributed by atoms with Gasteiger partial charge in [0, 0.05) is 17.8 Å². The molecule has 8 heteroatoms. The summed E-state index contributed by atoms with van der Waals surface area (Å²) in [6.07, 6.45) is 0. The predicted octanol–water partition coefficient (Wildman–Crippen LogP) is 2.88. The molecule has 0 fully saturated rings. The van der Waals surface area contributed by atoms with Crippen molar-refractivity contribution in [2.75, 3.05) is 4.90 Å². The van der Waals surface area contributed by atoms with E-state index in [0.717, 1.165) is 0 Å². The minimum Gasteiger partial charge on any atom is -0.384 e. The zero-order valence-corrected chi connectivity index (χ0v) is 13.9. The molecule has 0 aromatic heterocycles. The summed E-state index contributed by atoms with van der Waals surface area (Å²) in [7, 11) is 0. The van der Waals surface area contributed by atoms with Crippen LogP contribution >= 0.6 is 0 Å². The van der Waals surface area contributed by atoms with Crippen molar-refractivity contribution in [3.05, 3.63) is 81.7 Å². The average Bonchev–Trinajstić information content (AvgIpc) is 2.96. The van der Waals surface area contributed by atoms with Crippen molar-refractivity contribution in [1.29, 1.82) is 15.8 Å². The number of para-hydroxylation sites is 1. The van der Waals surface area contributed by atoms with Gasteiger partial charge in [-0.2, -0.15) is 15.8 Å². The summed E-state index contributed by atoms with van der Waals surface area (Å²) in [6, 6.07) is 19.1. The van der Waals surface area contributed by atoms with Gasteiger partial charge in [0.15, 0.2) is 0 Å². The maximum absolute atomic E-state index is 11.2. The maximum Gasteiger partial charge on any atom is 0.269 e. The van der Waals surface area contributed by atoms with E-state index in [9.17, 15) is 25.9 Å². The molecule has 0 amide bonds. The molecule has 0 unspecified atom stereocenters. The highest BCUT2D eigenvalue weighted by molar-refractivity contribution is 5.67. The molecule has 2 N–H and O–H groups in total. The van der Waals surface area contributed by atoms with Crippen molar-refractivity contribution in [2.45, 2.75) is 6.04 Å². The average molecular weight is 356 g/mol. The topological polar surface area (TPSA) is 144 Å². The lowest BCUT2D eigenvalue weighted by atomic mass is 9.76. The molecule has 1 aliphatic rings. The van der Waals surface area contributed by atoms with Crippen LogP contribution in [0.3, 0.4) is 0 Å². The Bertz CT molecular complexity index is 1060. The first-order valence-corrected chi connectivity index (χ1v) is 7.81. The molecule has 0 spiro atoms. The number of benzene rings is 2. The van der Waals surface area contributed by atoms with Gasteiger partial charge in [-0.05, 0) is 17.7 Å². The van der Waals surface area contributed by atoms with Gasteiger partial charge in [0.1, 0.15) is 17.5 Å². The van der Waals surface area contributed by atoms with E-state index in [0.29, 0.717) is 11.3 Å². The SMILES string of the molecule is N#CC1=C(N)N(c2ccccc2)[C@H](c2cccc([N+](=O)[O-])c2)C1(C#N)C#N. The highest BCUT2D eigenvalue weighted by Crippen LogP contribution is 2.52. The second-order valence-corrected chi connectivity index (χ2v) is 5.86. The second kappa shape index (κ2) is 6.51. The van der Waals surface area contributed by atoms with Crippen molar-refractivity contribution in [2.24, 2.45) is 11.1 Å². The Morgan fingerprint density at radius 1 is 1.07 bits per heavy atom. The monoisotopic (exact) mass is 356 g/mol. The standard InChI is InChI=1S/C19H12N6O2/c20-10-16-18(23)24(14-6-2-1-3-7-14)17(19(16,11-21)12-22)13-5-4-8-15(9-13)25(26)27/h1-9,17H,23H2/t17-/m1/s1. The summed E-state index contributed by atoms with van der Waals surface area (Å²) in [4.78, 5) is 12.1. The van der Waals surface area contributed by atoms with E-state index in [1.807, 2.05) is 18.2 Å². The summed E-state index contributed by atoms with van der Waals surface area (Å²) >= 11 is 0. The highest BCUT2D eigenvalue weighted by atomic mass is 16.6. The Morgan fingerprint density at radius 3 is 2.30 bits per heavy atom. The molecular formula is C19H12N6O2. The number of hydrogen-bond acceptors (Lipinski definition) is 7. The van der Waals surface area contributed by atoms with Crippen molar-refractivity contribution in [3.63, 3.8) is 0 Å². The van der Waals surface area contributed by atoms with E-state index in [-0.39, 0.29) is 17.1 Å². The normalized spacial score (nSPS) is 17.7. The van der Waals surface area contributed by atoms with E-state index in [4.69, 9.17) is 5.73 Å². The van der Waals surface area contributed by atoms with E-state index in [2.05, 4.69) is 0 Å². The fourth-order valence-corrected chi connectivity index (χ4v) is 3.28. The lowest BCUT2D eigenvalue weighted by Crippen LogP contribution is -2.34. The number of rotatable bonds is 3. The predicted molar refractivity (Wildman–Crippen MR) is 95.2 cm³/mol. The molecule has 8 nitrogen and oxygen atoms in total. The summed E-state index contributed by atoms with van der Waals surface area (Å²) in [5.74, 6) is -0.0247. The summed E-state index contributed by atoms with van der Waals surface area (Å²) in [5.41, 5.74) is 4.81. The molecule has 3 rings (SSSR count). The minimum absolute atomic E-state index is 0.0247. The van der Waals surface area contributed by atoms with Crippen LogP contribution in [0.1, 0.15) is 11.6 Å². The van der Waals surface area contributed by atoms with E-state index in [1.54, 1.807) is 36.4 Å². The van der Waals surface area contributed by atoms with Crippen LogP contribution in [0, 0.1) is 49.5 Å². The summed E-state index contributed by atoms with van der Waals surface area (Å²) < 4.78 is 0. The number of nitrogens with two attached hydrogens (primary N) is 1. The quantitative estimate of drug-likeness (QED) is 0.657. The van der Waals surface area contributed by atoms with Crippen LogP contribution in [0.5, 0.6) is 0 Å². The van der Waals surface area contributed by atoms with E-state index in [1.165, 1.54) is 23.1 Å². The Balaban J connectivity index is 2.32. The third kappa shape index (κ3) is 2.52. The third-order valence-electron chi connectivity index (χ3n) is 4.47. The van der Waals surface area contributed by atoms with Crippen molar-refractivity contribution in [1.82, 2.24) is 0 Å². The number of nitrogens with zero attached hydrogens (tertiary/aromatic N) is 5. The zero-order valence-electron chi connectivity index (χ0n) is 13.9. The second-order valence-electron chi connectivity index (χ2n) is 5.86. The smallest absolute Gasteiger partial charge is 0.269 e. The van der Waals surface area contributed by atoms with Gasteiger partial charge in [-0.1, -0.05) is 30.3 Å². The van der Waals surface area contributed by atoms with Gasteiger partial charge in [0.2, 0.25) is 5.41 Å². The zero-order chi connectivity index (χ0) is 19.6. The van der Waals surface area contributed by atoms with Gasteiger partial charge in [0.05, 0.1) is 23.1 Å². The lowest BCUT2D eigenvalue weighted by molar-refractivity contribution is -0.384. The minimum atomic E-state index is -1.90. The molecule has 0 saturated heterocycles. The van der Waals surface area contributed by atoms with Crippen LogP contribution in [0.15, 0.2) is 66.0 Å². The van der Waals surface area contributed by atoms with Gasteiger partial charge < -0.3 is 10.6 Å². The number of anilines is 1. The van der Waals surface area contributed by atoms with Crippen molar-refractivity contribution >= 4 is 11.4 Å². The van der Waals surface area contributed by atoms with Crippen molar-refractivity contribution in [3.8, 4) is 18.2 Å². The molecule has 0 bridgehead atoms. The fourth-order valence-electron chi connectivity index (χ4n) is 3.28. The molecule has 0 aliphatic carbocycles. The first-order valence-electron chi connectivity index (χ1n) is 7.81. The van der Waals surface area contributed by atoms with Crippen LogP contribution in [0.4, 0.5) is 11.4 Å². The summed E-state index contributed by atoms with van der Waals surface area (Å²) in [5, 5.41) is 40.4. The molecule has 2 aromatic carbocycles. The number of nitro groups is 1. The highest BCUT2D eigenvalue weighted by Gasteiger charge is 2.55. The molecule has 130 valence electrons. The number of nitro benzene ring substituents is 1. The van der Waals surface area contributed by atoms with Crippen LogP contribution in [-0.2, 0) is 0 Å². The van der Waals surface area contributed by atoms with E-state index < -0.39 is 16.4 Å². The van der Waals surface area contributed by atoms with Crippen LogP contribution in [0.2, 0.25) is 0 Å². The molecule has 2 aromatic rings. The Labute approximate surface area is 154 Å². The first kappa shape index (κ1) is 17.5.